The number of nitrogens with zero attached hydrogens (tertiary/aromatic N) is 2. The fourth-order valence-electron chi connectivity index (χ4n) is 2.78. The molecule has 0 fully saturated rings. The summed E-state index contributed by atoms with van der Waals surface area (Å²) in [6, 6.07) is 11.7. The first kappa shape index (κ1) is 17.1. The smallest absolute Gasteiger partial charge is 0.187 e. The van der Waals surface area contributed by atoms with Gasteiger partial charge in [0.05, 0.1) is 18.1 Å². The summed E-state index contributed by atoms with van der Waals surface area (Å²) in [4.78, 5) is 4.41. The predicted molar refractivity (Wildman–Crippen MR) is 90.2 cm³/mol. The molecule has 2 aromatic carbocycles. The van der Waals surface area contributed by atoms with Crippen LogP contribution >= 0.6 is 0 Å². The number of aliphatic hydroxyl groups excluding tert-OH is 1. The second kappa shape index (κ2) is 7.03. The van der Waals surface area contributed by atoms with Crippen molar-refractivity contribution in [1.82, 2.24) is 9.55 Å². The fraction of sp³-hybridized carbons (Fsp3) is 0.211. The van der Waals surface area contributed by atoms with Gasteiger partial charge in [0.1, 0.15) is 0 Å². The Kier molecular flexibility index (Phi) is 4.81. The van der Waals surface area contributed by atoms with E-state index in [4.69, 9.17) is 0 Å². The standard InChI is InChI=1S/C19H18F2N2O2/c1-12(24)7-17-18(14-5-3-2-4-6-14)22-11-23(17)10-13-8-15(20)19(25)16(21)9-13/h2-6,8-9,11-12,24-25H,7,10H2,1H3. The minimum absolute atomic E-state index is 0.177. The number of rotatable bonds is 5. The van der Waals surface area contributed by atoms with Crippen LogP contribution in [0.2, 0.25) is 0 Å². The van der Waals surface area contributed by atoms with Crippen LogP contribution in [-0.4, -0.2) is 25.9 Å². The maximum absolute atomic E-state index is 13.6. The van der Waals surface area contributed by atoms with Crippen LogP contribution in [-0.2, 0) is 13.0 Å². The van der Waals surface area contributed by atoms with Gasteiger partial charge in [0.2, 0.25) is 0 Å². The Morgan fingerprint density at radius 1 is 1.12 bits per heavy atom. The number of aromatic nitrogens is 2. The van der Waals surface area contributed by atoms with Crippen LogP contribution in [0.5, 0.6) is 5.75 Å². The summed E-state index contributed by atoms with van der Waals surface area (Å²) in [7, 11) is 0. The van der Waals surface area contributed by atoms with Crippen LogP contribution in [0.3, 0.4) is 0 Å². The predicted octanol–water partition coefficient (Wildman–Crippen LogP) is 3.51. The summed E-state index contributed by atoms with van der Waals surface area (Å²) in [5, 5.41) is 19.0. The van der Waals surface area contributed by atoms with Gasteiger partial charge in [-0.3, -0.25) is 0 Å². The molecule has 0 saturated carbocycles. The van der Waals surface area contributed by atoms with Crippen LogP contribution in [0.25, 0.3) is 11.3 Å². The van der Waals surface area contributed by atoms with E-state index in [1.54, 1.807) is 17.8 Å². The van der Waals surface area contributed by atoms with E-state index in [-0.39, 0.29) is 6.54 Å². The summed E-state index contributed by atoms with van der Waals surface area (Å²) in [6.45, 7) is 1.85. The maximum Gasteiger partial charge on any atom is 0.187 e. The summed E-state index contributed by atoms with van der Waals surface area (Å²) in [5.74, 6) is -2.99. The van der Waals surface area contributed by atoms with Gasteiger partial charge in [0.15, 0.2) is 17.4 Å². The van der Waals surface area contributed by atoms with E-state index in [1.807, 2.05) is 30.3 Å². The zero-order valence-corrected chi connectivity index (χ0v) is 13.7. The van der Waals surface area contributed by atoms with Gasteiger partial charge >= 0.3 is 0 Å². The molecule has 3 aromatic rings. The van der Waals surface area contributed by atoms with E-state index >= 15 is 0 Å². The largest absolute Gasteiger partial charge is 0.503 e. The van der Waals surface area contributed by atoms with Gasteiger partial charge in [-0.05, 0) is 24.6 Å². The van der Waals surface area contributed by atoms with Crippen molar-refractivity contribution in [3.05, 3.63) is 71.7 Å². The van der Waals surface area contributed by atoms with Crippen molar-refractivity contribution in [3.63, 3.8) is 0 Å². The van der Waals surface area contributed by atoms with Gasteiger partial charge in [0, 0.05) is 24.2 Å². The van der Waals surface area contributed by atoms with E-state index in [0.29, 0.717) is 12.0 Å². The van der Waals surface area contributed by atoms with Gasteiger partial charge in [-0.2, -0.15) is 0 Å². The first-order chi connectivity index (χ1) is 12.0. The number of aliphatic hydroxyl groups is 1. The van der Waals surface area contributed by atoms with Gasteiger partial charge in [-0.1, -0.05) is 30.3 Å². The van der Waals surface area contributed by atoms with Crippen molar-refractivity contribution in [2.75, 3.05) is 0 Å². The molecule has 1 unspecified atom stereocenters. The molecule has 25 heavy (non-hydrogen) atoms. The monoisotopic (exact) mass is 344 g/mol. The fourth-order valence-corrected chi connectivity index (χ4v) is 2.78. The maximum atomic E-state index is 13.6. The molecule has 130 valence electrons. The van der Waals surface area contributed by atoms with Crippen molar-refractivity contribution in [1.29, 1.82) is 0 Å². The summed E-state index contributed by atoms with van der Waals surface area (Å²) >= 11 is 0. The molecule has 6 heteroatoms. The third-order valence-electron chi connectivity index (χ3n) is 3.91. The molecule has 0 saturated heterocycles. The first-order valence-corrected chi connectivity index (χ1v) is 7.90. The van der Waals surface area contributed by atoms with E-state index in [0.717, 1.165) is 29.1 Å². The molecule has 3 rings (SSSR count). The third-order valence-corrected chi connectivity index (χ3v) is 3.91. The molecule has 0 radical (unpaired) electrons. The van der Waals surface area contributed by atoms with Gasteiger partial charge in [0.25, 0.3) is 0 Å². The van der Waals surface area contributed by atoms with Crippen molar-refractivity contribution in [2.45, 2.75) is 26.0 Å². The number of halogens is 2. The van der Waals surface area contributed by atoms with Gasteiger partial charge in [-0.15, -0.1) is 0 Å². The molecule has 0 aliphatic heterocycles. The number of phenolic OH excluding ortho intramolecular Hbond substituents is 1. The normalized spacial score (nSPS) is 12.3. The average Bonchev–Trinajstić information content (AvgIpc) is 2.95. The molecule has 2 N–H and O–H groups in total. The Bertz CT molecular complexity index is 853. The highest BCUT2D eigenvalue weighted by molar-refractivity contribution is 5.62. The minimum atomic E-state index is -1.00. The first-order valence-electron chi connectivity index (χ1n) is 7.90. The van der Waals surface area contributed by atoms with Crippen molar-refractivity contribution in [3.8, 4) is 17.0 Å². The van der Waals surface area contributed by atoms with Crippen LogP contribution < -0.4 is 0 Å². The highest BCUT2D eigenvalue weighted by Gasteiger charge is 2.16. The van der Waals surface area contributed by atoms with Crippen LogP contribution in [0.1, 0.15) is 18.2 Å². The van der Waals surface area contributed by atoms with Crippen LogP contribution in [0.4, 0.5) is 8.78 Å². The number of phenols is 1. The zero-order chi connectivity index (χ0) is 18.0. The van der Waals surface area contributed by atoms with E-state index in [2.05, 4.69) is 4.98 Å². The molecule has 0 aliphatic rings. The second-order valence-corrected chi connectivity index (χ2v) is 6.00. The van der Waals surface area contributed by atoms with Crippen molar-refractivity contribution >= 4 is 0 Å². The Morgan fingerprint density at radius 3 is 2.36 bits per heavy atom. The Morgan fingerprint density at radius 2 is 1.76 bits per heavy atom. The molecule has 0 spiro atoms. The number of hydrogen-bond acceptors (Lipinski definition) is 3. The van der Waals surface area contributed by atoms with Crippen LogP contribution in [0.15, 0.2) is 48.8 Å². The SMILES string of the molecule is CC(O)Cc1c(-c2ccccc2)ncn1Cc1cc(F)c(O)c(F)c1. The lowest BCUT2D eigenvalue weighted by molar-refractivity contribution is 0.193. The van der Waals surface area contributed by atoms with Gasteiger partial charge in [-0.25, -0.2) is 13.8 Å². The highest BCUT2D eigenvalue weighted by atomic mass is 19.1. The number of benzene rings is 2. The third kappa shape index (κ3) is 3.69. The van der Waals surface area contributed by atoms with Gasteiger partial charge < -0.3 is 14.8 Å². The van der Waals surface area contributed by atoms with E-state index in [1.165, 1.54) is 0 Å². The summed E-state index contributed by atoms with van der Waals surface area (Å²) in [5.41, 5.74) is 2.76. The Balaban J connectivity index is 2.00. The molecule has 0 amide bonds. The topological polar surface area (TPSA) is 58.3 Å². The van der Waals surface area contributed by atoms with Crippen molar-refractivity contribution in [2.24, 2.45) is 0 Å². The molecule has 0 bridgehead atoms. The second-order valence-electron chi connectivity index (χ2n) is 6.00. The van der Waals surface area contributed by atoms with Crippen LogP contribution in [0, 0.1) is 11.6 Å². The molecular formula is C19H18F2N2O2. The lowest BCUT2D eigenvalue weighted by atomic mass is 10.1. The minimum Gasteiger partial charge on any atom is -0.503 e. The lowest BCUT2D eigenvalue weighted by Crippen LogP contribution is -2.12. The molecule has 1 atom stereocenters. The lowest BCUT2D eigenvalue weighted by Gasteiger charge is -2.12. The number of aromatic hydroxyl groups is 1. The summed E-state index contributed by atoms with van der Waals surface area (Å²) < 4.78 is 28.9. The number of imidazole rings is 1. The molecular weight excluding hydrogens is 326 g/mol. The zero-order valence-electron chi connectivity index (χ0n) is 13.7. The Hall–Kier alpha value is -2.73. The van der Waals surface area contributed by atoms with E-state index < -0.39 is 23.5 Å². The molecule has 1 heterocycles. The Labute approximate surface area is 144 Å². The molecule has 4 nitrogen and oxygen atoms in total. The van der Waals surface area contributed by atoms with Crippen molar-refractivity contribution < 1.29 is 19.0 Å². The highest BCUT2D eigenvalue weighted by Crippen LogP contribution is 2.26. The quantitative estimate of drug-likeness (QED) is 0.745. The summed E-state index contributed by atoms with van der Waals surface area (Å²) in [6.07, 6.45) is 1.35. The molecule has 0 aliphatic carbocycles. The molecule has 1 aromatic heterocycles. The van der Waals surface area contributed by atoms with E-state index in [9.17, 15) is 19.0 Å². The number of hydrogen-bond donors (Lipinski definition) is 2. The average molecular weight is 344 g/mol.